The summed E-state index contributed by atoms with van der Waals surface area (Å²) in [6.45, 7) is 8.26. The lowest BCUT2D eigenvalue weighted by Gasteiger charge is -2.33. The Morgan fingerprint density at radius 3 is 2.26 bits per heavy atom. The summed E-state index contributed by atoms with van der Waals surface area (Å²) in [7, 11) is -3.73. The molecule has 0 aliphatic carbocycles. The van der Waals surface area contributed by atoms with Gasteiger partial charge in [0.25, 0.3) is 0 Å². The summed E-state index contributed by atoms with van der Waals surface area (Å²) in [6, 6.07) is 14.4. The molecular formula is C27H39N3O4S. The molecule has 2 rings (SSSR count). The van der Waals surface area contributed by atoms with Crippen LogP contribution in [0.25, 0.3) is 0 Å². The molecule has 0 saturated carbocycles. The van der Waals surface area contributed by atoms with Gasteiger partial charge >= 0.3 is 0 Å². The number of unbranched alkanes of at least 4 members (excludes halogenated alkanes) is 1. The zero-order valence-electron chi connectivity index (χ0n) is 21.6. The van der Waals surface area contributed by atoms with Gasteiger partial charge in [-0.1, -0.05) is 56.7 Å². The van der Waals surface area contributed by atoms with Crippen molar-refractivity contribution in [3.63, 3.8) is 0 Å². The van der Waals surface area contributed by atoms with E-state index in [9.17, 15) is 18.0 Å². The van der Waals surface area contributed by atoms with Crippen molar-refractivity contribution < 1.29 is 18.0 Å². The third-order valence-corrected chi connectivity index (χ3v) is 7.30. The van der Waals surface area contributed by atoms with Crippen LogP contribution >= 0.6 is 0 Å². The summed E-state index contributed by atoms with van der Waals surface area (Å²) >= 11 is 0. The molecule has 0 radical (unpaired) electrons. The van der Waals surface area contributed by atoms with Crippen LogP contribution in [0, 0.1) is 13.8 Å². The van der Waals surface area contributed by atoms with Gasteiger partial charge in [-0.25, -0.2) is 8.42 Å². The topological polar surface area (TPSA) is 86.8 Å². The smallest absolute Gasteiger partial charge is 0.244 e. The highest BCUT2D eigenvalue weighted by Crippen LogP contribution is 2.22. The van der Waals surface area contributed by atoms with Crippen molar-refractivity contribution in [2.75, 3.05) is 30.2 Å². The summed E-state index contributed by atoms with van der Waals surface area (Å²) < 4.78 is 26.5. The largest absolute Gasteiger partial charge is 0.354 e. The first-order chi connectivity index (χ1) is 16.6. The second-order valence-corrected chi connectivity index (χ2v) is 10.8. The SMILES string of the molecule is CCCCNC(=O)[C@H](CC)N(CCc1ccccc1)C(=O)CN(c1ccc(C)c(C)c1)S(C)(=O)=O. The number of rotatable bonds is 13. The fraction of sp³-hybridized carbons (Fsp3) is 0.481. The Morgan fingerprint density at radius 2 is 1.69 bits per heavy atom. The van der Waals surface area contributed by atoms with E-state index in [4.69, 9.17) is 0 Å². The molecule has 0 aliphatic heterocycles. The standard InChI is InChI=1S/C27H39N3O4S/c1-6-8-17-28-27(32)25(7-2)29(18-16-23-12-10-9-11-13-23)26(31)20-30(35(5,33)34)24-15-14-21(3)22(4)19-24/h9-15,19,25H,6-8,16-18,20H2,1-5H3,(H,28,32)/t25-/m0/s1. The second-order valence-electron chi connectivity index (χ2n) is 8.93. The molecule has 2 amide bonds. The number of anilines is 1. The van der Waals surface area contributed by atoms with Crippen LogP contribution in [0.2, 0.25) is 0 Å². The van der Waals surface area contributed by atoms with Crippen LogP contribution in [0.1, 0.15) is 49.8 Å². The van der Waals surface area contributed by atoms with E-state index >= 15 is 0 Å². The van der Waals surface area contributed by atoms with E-state index in [-0.39, 0.29) is 12.5 Å². The van der Waals surface area contributed by atoms with E-state index in [0.717, 1.165) is 40.1 Å². The number of carbonyl (C=O) groups excluding carboxylic acids is 2. The monoisotopic (exact) mass is 501 g/mol. The predicted octanol–water partition coefficient (Wildman–Crippen LogP) is 3.84. The number of hydrogen-bond donors (Lipinski definition) is 1. The van der Waals surface area contributed by atoms with Crippen molar-refractivity contribution in [3.05, 3.63) is 65.2 Å². The molecule has 0 heterocycles. The maximum atomic E-state index is 13.6. The number of sulfonamides is 1. The molecule has 192 valence electrons. The number of nitrogens with zero attached hydrogens (tertiary/aromatic N) is 2. The third kappa shape index (κ3) is 8.38. The summed E-state index contributed by atoms with van der Waals surface area (Å²) in [5, 5.41) is 2.93. The highest BCUT2D eigenvalue weighted by molar-refractivity contribution is 7.92. The molecule has 0 fully saturated rings. The number of amides is 2. The average molecular weight is 502 g/mol. The zero-order valence-corrected chi connectivity index (χ0v) is 22.4. The minimum absolute atomic E-state index is 0.209. The van der Waals surface area contributed by atoms with Crippen molar-refractivity contribution >= 4 is 27.5 Å². The van der Waals surface area contributed by atoms with Crippen molar-refractivity contribution in [1.82, 2.24) is 10.2 Å². The lowest BCUT2D eigenvalue weighted by Crippen LogP contribution is -2.53. The Labute approximate surface area is 210 Å². The predicted molar refractivity (Wildman–Crippen MR) is 142 cm³/mol. The van der Waals surface area contributed by atoms with E-state index in [1.807, 2.05) is 64.1 Å². The Kier molecular flexibility index (Phi) is 10.8. The molecule has 2 aromatic rings. The number of aryl methyl sites for hydroxylation is 2. The van der Waals surface area contributed by atoms with Gasteiger partial charge in [-0.15, -0.1) is 0 Å². The van der Waals surface area contributed by atoms with Crippen LogP contribution in [0.3, 0.4) is 0 Å². The minimum atomic E-state index is -3.73. The van der Waals surface area contributed by atoms with Crippen LogP contribution in [0.15, 0.2) is 48.5 Å². The van der Waals surface area contributed by atoms with Crippen LogP contribution in [0.5, 0.6) is 0 Å². The molecule has 0 aromatic heterocycles. The van der Waals surface area contributed by atoms with E-state index in [0.29, 0.717) is 31.6 Å². The quantitative estimate of drug-likeness (QED) is 0.423. The molecule has 0 unspecified atom stereocenters. The fourth-order valence-electron chi connectivity index (χ4n) is 3.90. The summed E-state index contributed by atoms with van der Waals surface area (Å²) in [5.74, 6) is -0.610. The van der Waals surface area contributed by atoms with Gasteiger partial charge in [0, 0.05) is 13.1 Å². The van der Waals surface area contributed by atoms with Gasteiger partial charge in [-0.05, 0) is 61.9 Å². The van der Waals surface area contributed by atoms with Crippen LogP contribution < -0.4 is 9.62 Å². The molecule has 2 aromatic carbocycles. The number of nitrogens with one attached hydrogen (secondary N) is 1. The molecule has 7 nitrogen and oxygen atoms in total. The average Bonchev–Trinajstić information content (AvgIpc) is 2.82. The normalized spacial score (nSPS) is 12.1. The lowest BCUT2D eigenvalue weighted by atomic mass is 10.1. The summed E-state index contributed by atoms with van der Waals surface area (Å²) in [4.78, 5) is 28.2. The number of hydrogen-bond acceptors (Lipinski definition) is 4. The van der Waals surface area contributed by atoms with Gasteiger partial charge in [0.1, 0.15) is 12.6 Å². The molecule has 1 N–H and O–H groups in total. The second kappa shape index (κ2) is 13.3. The first kappa shape index (κ1) is 28.4. The van der Waals surface area contributed by atoms with Gasteiger partial charge in [-0.3, -0.25) is 13.9 Å². The van der Waals surface area contributed by atoms with E-state index in [1.54, 1.807) is 12.1 Å². The third-order valence-electron chi connectivity index (χ3n) is 6.16. The maximum Gasteiger partial charge on any atom is 0.244 e. The molecule has 1 atom stereocenters. The number of benzene rings is 2. The molecule has 0 spiro atoms. The highest BCUT2D eigenvalue weighted by Gasteiger charge is 2.31. The van der Waals surface area contributed by atoms with Crippen molar-refractivity contribution in [3.8, 4) is 0 Å². The van der Waals surface area contributed by atoms with Gasteiger partial charge < -0.3 is 10.2 Å². The summed E-state index contributed by atoms with van der Waals surface area (Å²) in [6.07, 6.45) is 3.90. The molecule has 0 bridgehead atoms. The Balaban J connectivity index is 2.34. The first-order valence-corrected chi connectivity index (χ1v) is 14.1. The highest BCUT2D eigenvalue weighted by atomic mass is 32.2. The fourth-order valence-corrected chi connectivity index (χ4v) is 4.74. The number of carbonyl (C=O) groups is 2. The minimum Gasteiger partial charge on any atom is -0.354 e. The first-order valence-electron chi connectivity index (χ1n) is 12.2. The Morgan fingerprint density at radius 1 is 1.00 bits per heavy atom. The van der Waals surface area contributed by atoms with Crippen molar-refractivity contribution in [2.45, 2.75) is 59.4 Å². The maximum absolute atomic E-state index is 13.6. The molecule has 0 aliphatic rings. The molecular weight excluding hydrogens is 462 g/mol. The lowest BCUT2D eigenvalue weighted by molar-refractivity contribution is -0.139. The summed E-state index contributed by atoms with van der Waals surface area (Å²) in [5.41, 5.74) is 3.45. The van der Waals surface area contributed by atoms with Crippen LogP contribution in [-0.2, 0) is 26.0 Å². The van der Waals surface area contributed by atoms with Gasteiger partial charge in [0.2, 0.25) is 21.8 Å². The molecule has 0 saturated heterocycles. The van der Waals surface area contributed by atoms with E-state index in [1.165, 1.54) is 4.90 Å². The van der Waals surface area contributed by atoms with Crippen LogP contribution in [-0.4, -0.2) is 57.1 Å². The van der Waals surface area contributed by atoms with E-state index < -0.39 is 22.0 Å². The Bertz CT molecular complexity index is 1090. The van der Waals surface area contributed by atoms with Crippen LogP contribution in [0.4, 0.5) is 5.69 Å². The molecule has 8 heteroatoms. The van der Waals surface area contributed by atoms with Crippen molar-refractivity contribution in [2.24, 2.45) is 0 Å². The van der Waals surface area contributed by atoms with Gasteiger partial charge in [-0.2, -0.15) is 0 Å². The van der Waals surface area contributed by atoms with E-state index in [2.05, 4.69) is 5.32 Å². The molecule has 35 heavy (non-hydrogen) atoms. The van der Waals surface area contributed by atoms with Gasteiger partial charge in [0.15, 0.2) is 0 Å². The Hall–Kier alpha value is -2.87. The van der Waals surface area contributed by atoms with Gasteiger partial charge in [0.05, 0.1) is 11.9 Å². The van der Waals surface area contributed by atoms with Crippen molar-refractivity contribution in [1.29, 1.82) is 0 Å². The zero-order chi connectivity index (χ0) is 26.0.